The molecule has 2 heterocycles. The van der Waals surface area contributed by atoms with Gasteiger partial charge >= 0.3 is 0 Å². The third-order valence-corrected chi connectivity index (χ3v) is 6.12. The van der Waals surface area contributed by atoms with Crippen molar-refractivity contribution in [1.82, 2.24) is 19.8 Å². The van der Waals surface area contributed by atoms with Crippen LogP contribution in [0.4, 0.5) is 0 Å². The molecule has 0 spiro atoms. The van der Waals surface area contributed by atoms with Crippen molar-refractivity contribution in [3.05, 3.63) is 53.1 Å². The van der Waals surface area contributed by atoms with Crippen LogP contribution in [0.5, 0.6) is 0 Å². The van der Waals surface area contributed by atoms with E-state index < -0.39 is 0 Å². The van der Waals surface area contributed by atoms with E-state index in [1.165, 1.54) is 11.3 Å². The highest BCUT2D eigenvalue weighted by atomic mass is 35.5. The fourth-order valence-corrected chi connectivity index (χ4v) is 4.20. The maximum atomic E-state index is 12.1. The smallest absolute Gasteiger partial charge is 0.223 e. The van der Waals surface area contributed by atoms with E-state index in [1.54, 1.807) is 0 Å². The Hall–Kier alpha value is -1.85. The molecule has 0 unspecified atom stereocenters. The van der Waals surface area contributed by atoms with Crippen molar-refractivity contribution in [1.29, 1.82) is 0 Å². The number of aryl methyl sites for hydroxylation is 1. The van der Waals surface area contributed by atoms with Crippen LogP contribution in [0.15, 0.2) is 36.8 Å². The first-order valence-corrected chi connectivity index (χ1v) is 10.2. The number of nitrogens with one attached hydrogen (secondary N) is 1. The first-order valence-electron chi connectivity index (χ1n) is 9.81. The Morgan fingerprint density at radius 1 is 1.26 bits per heavy atom. The first-order chi connectivity index (χ1) is 13.1. The third-order valence-electron chi connectivity index (χ3n) is 5.87. The summed E-state index contributed by atoms with van der Waals surface area (Å²) in [4.78, 5) is 18.9. The lowest BCUT2D eigenvalue weighted by atomic mass is 9.93. The Morgan fingerprint density at radius 3 is 2.70 bits per heavy atom. The summed E-state index contributed by atoms with van der Waals surface area (Å²) >= 11 is 5.98. The average molecular weight is 387 g/mol. The summed E-state index contributed by atoms with van der Waals surface area (Å²) in [5.74, 6) is 1.33. The van der Waals surface area contributed by atoms with Crippen LogP contribution in [0.3, 0.4) is 0 Å². The van der Waals surface area contributed by atoms with Crippen molar-refractivity contribution < 1.29 is 4.79 Å². The van der Waals surface area contributed by atoms with Crippen molar-refractivity contribution in [3.8, 4) is 0 Å². The molecule has 2 fully saturated rings. The number of amides is 1. The number of nitrogens with zero attached hydrogens (tertiary/aromatic N) is 3. The molecule has 1 aromatic heterocycles. The number of hydrogen-bond donors (Lipinski definition) is 1. The van der Waals surface area contributed by atoms with Gasteiger partial charge in [0.05, 0.1) is 6.33 Å². The second-order valence-electron chi connectivity index (χ2n) is 7.95. The molecule has 1 saturated heterocycles. The van der Waals surface area contributed by atoms with Gasteiger partial charge in [0.1, 0.15) is 0 Å². The largest absolute Gasteiger partial charge is 0.356 e. The van der Waals surface area contributed by atoms with Crippen LogP contribution < -0.4 is 5.32 Å². The van der Waals surface area contributed by atoms with Gasteiger partial charge in [0.25, 0.3) is 0 Å². The number of hydrogen-bond acceptors (Lipinski definition) is 3. The molecule has 2 aliphatic rings. The van der Waals surface area contributed by atoms with Crippen molar-refractivity contribution in [3.63, 3.8) is 0 Å². The molecule has 0 bridgehead atoms. The van der Waals surface area contributed by atoms with E-state index >= 15 is 0 Å². The molecular weight excluding hydrogens is 360 g/mol. The molecule has 2 aromatic rings. The minimum atomic E-state index is 0.235. The van der Waals surface area contributed by atoms with Gasteiger partial charge in [-0.05, 0) is 42.9 Å². The SMILES string of the molecule is Cn1cncc1[C@@H]1CN(CCc2ccc(Cl)cc2)C[C@H]1CNC(=O)C1CC1. The topological polar surface area (TPSA) is 50.2 Å². The lowest BCUT2D eigenvalue weighted by Gasteiger charge is -2.19. The normalized spacial score (nSPS) is 22.9. The van der Waals surface area contributed by atoms with Gasteiger partial charge in [-0.25, -0.2) is 4.98 Å². The predicted octanol–water partition coefficient (Wildman–Crippen LogP) is 2.86. The minimum Gasteiger partial charge on any atom is -0.356 e. The molecule has 1 saturated carbocycles. The lowest BCUT2D eigenvalue weighted by molar-refractivity contribution is -0.122. The van der Waals surface area contributed by atoms with Gasteiger partial charge in [-0.2, -0.15) is 0 Å². The standard InChI is InChI=1S/C21H27ClN4O/c1-25-14-23-11-20(25)19-13-26(9-8-15-2-6-18(22)7-3-15)12-17(19)10-24-21(27)16-4-5-16/h2-3,6-7,11,14,16-17,19H,4-5,8-10,12-13H2,1H3,(H,24,27)/t17-,19-/m1/s1. The molecule has 1 N–H and O–H groups in total. The zero-order valence-corrected chi connectivity index (χ0v) is 16.5. The summed E-state index contributed by atoms with van der Waals surface area (Å²) < 4.78 is 2.11. The van der Waals surface area contributed by atoms with Crippen LogP contribution in [-0.4, -0.2) is 46.5 Å². The average Bonchev–Trinajstić information content (AvgIpc) is 3.32. The summed E-state index contributed by atoms with van der Waals surface area (Å²) in [6.45, 7) is 3.79. The minimum absolute atomic E-state index is 0.235. The summed E-state index contributed by atoms with van der Waals surface area (Å²) in [6, 6.07) is 8.11. The Bertz CT molecular complexity index is 784. The van der Waals surface area contributed by atoms with Crippen LogP contribution in [-0.2, 0) is 18.3 Å². The first kappa shape index (κ1) is 18.5. The monoisotopic (exact) mass is 386 g/mol. The van der Waals surface area contributed by atoms with Gasteiger partial charge in [-0.3, -0.25) is 4.79 Å². The molecule has 1 aliphatic heterocycles. The Labute approximate surface area is 165 Å². The number of aromatic nitrogens is 2. The van der Waals surface area contributed by atoms with E-state index in [1.807, 2.05) is 24.7 Å². The van der Waals surface area contributed by atoms with E-state index in [0.717, 1.165) is 50.5 Å². The predicted molar refractivity (Wildman–Crippen MR) is 107 cm³/mol. The van der Waals surface area contributed by atoms with E-state index in [-0.39, 0.29) is 11.8 Å². The molecule has 1 aliphatic carbocycles. The van der Waals surface area contributed by atoms with Gasteiger partial charge < -0.3 is 14.8 Å². The number of carbonyl (C=O) groups is 1. The van der Waals surface area contributed by atoms with E-state index in [9.17, 15) is 4.79 Å². The summed E-state index contributed by atoms with van der Waals surface area (Å²) in [6.07, 6.45) is 6.95. The zero-order chi connectivity index (χ0) is 18.8. The maximum Gasteiger partial charge on any atom is 0.223 e. The molecule has 144 valence electrons. The highest BCUT2D eigenvalue weighted by Gasteiger charge is 2.36. The van der Waals surface area contributed by atoms with Crippen molar-refractivity contribution >= 4 is 17.5 Å². The van der Waals surface area contributed by atoms with Crippen LogP contribution in [0, 0.1) is 11.8 Å². The number of rotatable bonds is 7. The van der Waals surface area contributed by atoms with Gasteiger partial charge in [0, 0.05) is 62.0 Å². The van der Waals surface area contributed by atoms with Crippen LogP contribution in [0.1, 0.15) is 30.0 Å². The highest BCUT2D eigenvalue weighted by molar-refractivity contribution is 6.30. The molecule has 1 aromatic carbocycles. The van der Waals surface area contributed by atoms with Crippen LogP contribution in [0.25, 0.3) is 0 Å². The fourth-order valence-electron chi connectivity index (χ4n) is 4.07. The number of likely N-dealkylation sites (tertiary alicyclic amines) is 1. The summed E-state index contributed by atoms with van der Waals surface area (Å²) in [5, 5.41) is 3.97. The molecule has 2 atom stereocenters. The lowest BCUT2D eigenvalue weighted by Crippen LogP contribution is -2.33. The number of halogens is 1. The van der Waals surface area contributed by atoms with E-state index in [4.69, 9.17) is 11.6 Å². The van der Waals surface area contributed by atoms with Gasteiger partial charge in [-0.1, -0.05) is 23.7 Å². The van der Waals surface area contributed by atoms with E-state index in [0.29, 0.717) is 11.8 Å². The summed E-state index contributed by atoms with van der Waals surface area (Å²) in [7, 11) is 2.05. The fraction of sp³-hybridized carbons (Fsp3) is 0.524. The Balaban J connectivity index is 1.39. The number of carbonyl (C=O) groups excluding carboxylic acids is 1. The summed E-state index contributed by atoms with van der Waals surface area (Å²) in [5.41, 5.74) is 2.57. The van der Waals surface area contributed by atoms with Crippen molar-refractivity contribution in [2.24, 2.45) is 18.9 Å². The van der Waals surface area contributed by atoms with Crippen molar-refractivity contribution in [2.45, 2.75) is 25.2 Å². The molecule has 0 radical (unpaired) electrons. The highest BCUT2D eigenvalue weighted by Crippen LogP contribution is 2.33. The van der Waals surface area contributed by atoms with E-state index in [2.05, 4.69) is 38.9 Å². The van der Waals surface area contributed by atoms with Gasteiger partial charge in [-0.15, -0.1) is 0 Å². The maximum absolute atomic E-state index is 12.1. The number of imidazole rings is 1. The van der Waals surface area contributed by atoms with Crippen LogP contribution >= 0.6 is 11.6 Å². The Kier molecular flexibility index (Phi) is 5.50. The quantitative estimate of drug-likeness (QED) is 0.796. The molecule has 6 heteroatoms. The van der Waals surface area contributed by atoms with Crippen LogP contribution in [0.2, 0.25) is 5.02 Å². The molecule has 5 nitrogen and oxygen atoms in total. The Morgan fingerprint density at radius 2 is 2.04 bits per heavy atom. The molecule has 4 rings (SSSR count). The van der Waals surface area contributed by atoms with Gasteiger partial charge in [0.15, 0.2) is 0 Å². The molecular formula is C21H27ClN4O. The number of benzene rings is 1. The molecule has 27 heavy (non-hydrogen) atoms. The zero-order valence-electron chi connectivity index (χ0n) is 15.8. The second-order valence-corrected chi connectivity index (χ2v) is 8.39. The second kappa shape index (κ2) is 8.03. The molecule has 1 amide bonds. The van der Waals surface area contributed by atoms with Gasteiger partial charge in [0.2, 0.25) is 5.91 Å². The third kappa shape index (κ3) is 4.53. The van der Waals surface area contributed by atoms with Crippen molar-refractivity contribution in [2.75, 3.05) is 26.2 Å².